The number of hydrogen-bond donors (Lipinski definition) is 0. The number of esters is 1. The predicted molar refractivity (Wildman–Crippen MR) is 93.6 cm³/mol. The normalized spacial score (nSPS) is 15.7. The van der Waals surface area contributed by atoms with E-state index in [4.69, 9.17) is 16.3 Å². The van der Waals surface area contributed by atoms with E-state index in [1.807, 2.05) is 4.90 Å². The summed E-state index contributed by atoms with van der Waals surface area (Å²) in [5.41, 5.74) is 0. The van der Waals surface area contributed by atoms with Crippen LogP contribution in [0.4, 0.5) is 0 Å². The van der Waals surface area contributed by atoms with E-state index in [2.05, 4.69) is 6.92 Å². The monoisotopic (exact) mass is 345 g/mol. The maximum atomic E-state index is 12.0. The van der Waals surface area contributed by atoms with Crippen LogP contribution in [0.25, 0.3) is 0 Å². The van der Waals surface area contributed by atoms with Gasteiger partial charge in [0, 0.05) is 25.4 Å². The molecule has 5 heteroatoms. The molecule has 1 heterocycles. The van der Waals surface area contributed by atoms with Crippen LogP contribution in [0.15, 0.2) is 0 Å². The van der Waals surface area contributed by atoms with Crippen molar-refractivity contribution in [3.8, 4) is 0 Å². The minimum Gasteiger partial charge on any atom is -0.465 e. The van der Waals surface area contributed by atoms with Gasteiger partial charge in [-0.3, -0.25) is 9.59 Å². The highest BCUT2D eigenvalue weighted by atomic mass is 35.5. The summed E-state index contributed by atoms with van der Waals surface area (Å²) in [6, 6.07) is 0. The summed E-state index contributed by atoms with van der Waals surface area (Å²) in [5, 5.41) is 0. The molecule has 0 bridgehead atoms. The molecule has 0 unspecified atom stereocenters. The number of likely N-dealkylation sites (tertiary alicyclic amines) is 1. The van der Waals surface area contributed by atoms with Crippen LogP contribution in [0.3, 0.4) is 0 Å². The summed E-state index contributed by atoms with van der Waals surface area (Å²) in [6.45, 7) is 4.08. The number of piperidine rings is 1. The Morgan fingerprint density at radius 2 is 1.74 bits per heavy atom. The SMILES string of the molecule is CCCCCCCOC(=O)C1CCN(C(=O)CCCCCl)CC1. The first-order chi connectivity index (χ1) is 11.2. The largest absolute Gasteiger partial charge is 0.465 e. The number of nitrogens with zero attached hydrogens (tertiary/aromatic N) is 1. The molecule has 0 aliphatic carbocycles. The molecule has 0 saturated carbocycles. The third-order valence-corrected chi connectivity index (χ3v) is 4.71. The quantitative estimate of drug-likeness (QED) is 0.321. The summed E-state index contributed by atoms with van der Waals surface area (Å²) in [4.78, 5) is 25.9. The number of unbranched alkanes of at least 4 members (excludes halogenated alkanes) is 5. The first-order valence-electron chi connectivity index (χ1n) is 9.19. The predicted octanol–water partition coefficient (Wildman–Crippen LogP) is 4.15. The van der Waals surface area contributed by atoms with Gasteiger partial charge in [-0.25, -0.2) is 0 Å². The van der Waals surface area contributed by atoms with Crippen LogP contribution >= 0.6 is 11.6 Å². The summed E-state index contributed by atoms with van der Waals surface area (Å²) >= 11 is 5.63. The van der Waals surface area contributed by atoms with Gasteiger partial charge in [-0.2, -0.15) is 0 Å². The molecule has 0 aromatic carbocycles. The van der Waals surface area contributed by atoms with E-state index in [0.29, 0.717) is 32.0 Å². The topological polar surface area (TPSA) is 46.6 Å². The Bertz CT molecular complexity index is 341. The highest BCUT2D eigenvalue weighted by Gasteiger charge is 2.27. The summed E-state index contributed by atoms with van der Waals surface area (Å²) in [5.74, 6) is 0.699. The summed E-state index contributed by atoms with van der Waals surface area (Å²) in [7, 11) is 0. The van der Waals surface area contributed by atoms with Crippen LogP contribution in [0.1, 0.15) is 71.1 Å². The molecular weight excluding hydrogens is 314 g/mol. The van der Waals surface area contributed by atoms with Crippen molar-refractivity contribution in [1.82, 2.24) is 4.90 Å². The zero-order valence-electron chi connectivity index (χ0n) is 14.5. The van der Waals surface area contributed by atoms with E-state index in [1.54, 1.807) is 0 Å². The molecular formula is C18H32ClNO3. The van der Waals surface area contributed by atoms with Crippen molar-refractivity contribution in [2.75, 3.05) is 25.6 Å². The molecule has 0 N–H and O–H groups in total. The molecule has 0 aromatic heterocycles. The number of carbonyl (C=O) groups excluding carboxylic acids is 2. The van der Waals surface area contributed by atoms with Crippen LogP contribution in [-0.2, 0) is 14.3 Å². The maximum absolute atomic E-state index is 12.0. The number of hydrogen-bond acceptors (Lipinski definition) is 3. The van der Waals surface area contributed by atoms with Gasteiger partial charge in [-0.15, -0.1) is 11.6 Å². The van der Waals surface area contributed by atoms with E-state index in [1.165, 1.54) is 19.3 Å². The Kier molecular flexibility index (Phi) is 11.1. The van der Waals surface area contributed by atoms with Gasteiger partial charge >= 0.3 is 5.97 Å². The van der Waals surface area contributed by atoms with E-state index in [-0.39, 0.29) is 17.8 Å². The third-order valence-electron chi connectivity index (χ3n) is 4.45. The highest BCUT2D eigenvalue weighted by molar-refractivity contribution is 6.17. The van der Waals surface area contributed by atoms with Crippen molar-refractivity contribution in [2.45, 2.75) is 71.1 Å². The lowest BCUT2D eigenvalue weighted by atomic mass is 9.96. The number of alkyl halides is 1. The van der Waals surface area contributed by atoms with Crippen LogP contribution in [-0.4, -0.2) is 42.4 Å². The van der Waals surface area contributed by atoms with Crippen LogP contribution < -0.4 is 0 Å². The average molecular weight is 346 g/mol. The van der Waals surface area contributed by atoms with Gasteiger partial charge in [0.15, 0.2) is 0 Å². The number of amides is 1. The van der Waals surface area contributed by atoms with Gasteiger partial charge in [0.05, 0.1) is 12.5 Å². The van der Waals surface area contributed by atoms with Crippen LogP contribution in [0.5, 0.6) is 0 Å². The van der Waals surface area contributed by atoms with Crippen molar-refractivity contribution >= 4 is 23.5 Å². The zero-order chi connectivity index (χ0) is 16.9. The van der Waals surface area contributed by atoms with Crippen molar-refractivity contribution in [3.63, 3.8) is 0 Å². The fraction of sp³-hybridized carbons (Fsp3) is 0.889. The van der Waals surface area contributed by atoms with Crippen molar-refractivity contribution in [3.05, 3.63) is 0 Å². The molecule has 0 aromatic rings. The minimum absolute atomic E-state index is 0.0301. The first kappa shape index (κ1) is 20.3. The van der Waals surface area contributed by atoms with Gasteiger partial charge in [0.25, 0.3) is 0 Å². The first-order valence-corrected chi connectivity index (χ1v) is 9.72. The lowest BCUT2D eigenvalue weighted by Crippen LogP contribution is -2.40. The van der Waals surface area contributed by atoms with E-state index in [0.717, 1.165) is 38.5 Å². The van der Waals surface area contributed by atoms with Crippen molar-refractivity contribution in [2.24, 2.45) is 5.92 Å². The van der Waals surface area contributed by atoms with E-state index < -0.39 is 0 Å². The van der Waals surface area contributed by atoms with Gasteiger partial charge in [0.1, 0.15) is 0 Å². The van der Waals surface area contributed by atoms with Crippen LogP contribution in [0, 0.1) is 5.92 Å². The number of ether oxygens (including phenoxy) is 1. The molecule has 4 nitrogen and oxygen atoms in total. The lowest BCUT2D eigenvalue weighted by molar-refractivity contribution is -0.151. The van der Waals surface area contributed by atoms with Gasteiger partial charge in [-0.1, -0.05) is 32.6 Å². The second-order valence-corrected chi connectivity index (χ2v) is 6.76. The molecule has 1 rings (SSSR count). The molecule has 23 heavy (non-hydrogen) atoms. The van der Waals surface area contributed by atoms with Gasteiger partial charge in [0.2, 0.25) is 5.91 Å². The zero-order valence-corrected chi connectivity index (χ0v) is 15.3. The molecule has 1 saturated heterocycles. The Hall–Kier alpha value is -0.770. The second kappa shape index (κ2) is 12.6. The second-order valence-electron chi connectivity index (χ2n) is 6.38. The third kappa shape index (κ3) is 8.59. The molecule has 0 atom stereocenters. The standard InChI is InChI=1S/C18H32ClNO3/c1-2-3-4-5-8-15-23-18(22)16-10-13-20(14-11-16)17(21)9-6-7-12-19/h16H,2-15H2,1H3. The van der Waals surface area contributed by atoms with E-state index >= 15 is 0 Å². The average Bonchev–Trinajstić information content (AvgIpc) is 2.58. The van der Waals surface area contributed by atoms with Gasteiger partial charge in [-0.05, 0) is 32.1 Å². The number of carbonyl (C=O) groups is 2. The molecule has 0 spiro atoms. The Labute approximate surface area is 145 Å². The molecule has 1 amide bonds. The molecule has 1 fully saturated rings. The summed E-state index contributed by atoms with van der Waals surface area (Å²) in [6.07, 6.45) is 9.56. The Balaban J connectivity index is 2.12. The Morgan fingerprint density at radius 1 is 1.04 bits per heavy atom. The number of rotatable bonds is 11. The van der Waals surface area contributed by atoms with E-state index in [9.17, 15) is 9.59 Å². The lowest BCUT2D eigenvalue weighted by Gasteiger charge is -2.31. The Morgan fingerprint density at radius 3 is 2.39 bits per heavy atom. The summed E-state index contributed by atoms with van der Waals surface area (Å²) < 4.78 is 5.38. The fourth-order valence-electron chi connectivity index (χ4n) is 2.89. The molecule has 134 valence electrons. The fourth-order valence-corrected chi connectivity index (χ4v) is 3.08. The van der Waals surface area contributed by atoms with Crippen molar-refractivity contribution in [1.29, 1.82) is 0 Å². The smallest absolute Gasteiger partial charge is 0.309 e. The molecule has 0 radical (unpaired) electrons. The minimum atomic E-state index is -0.0743. The maximum Gasteiger partial charge on any atom is 0.309 e. The molecule has 1 aliphatic heterocycles. The molecule has 1 aliphatic rings. The van der Waals surface area contributed by atoms with Gasteiger partial charge < -0.3 is 9.64 Å². The number of halogens is 1. The van der Waals surface area contributed by atoms with Crippen LogP contribution in [0.2, 0.25) is 0 Å². The van der Waals surface area contributed by atoms with Crippen molar-refractivity contribution < 1.29 is 14.3 Å². The highest BCUT2D eigenvalue weighted by Crippen LogP contribution is 2.20.